The van der Waals surface area contributed by atoms with Crippen molar-refractivity contribution in [2.24, 2.45) is 0 Å². The molecule has 0 spiro atoms. The van der Waals surface area contributed by atoms with Crippen LogP contribution in [0.25, 0.3) is 0 Å². The summed E-state index contributed by atoms with van der Waals surface area (Å²) < 4.78 is 0. The molecular formula is C9H15N3OS. The lowest BCUT2D eigenvalue weighted by atomic mass is 10.3. The van der Waals surface area contributed by atoms with Crippen molar-refractivity contribution in [3.8, 4) is 0 Å². The number of nitrogens with zero attached hydrogens (tertiary/aromatic N) is 2. The molecule has 0 aromatic carbocycles. The quantitative estimate of drug-likeness (QED) is 0.581. The summed E-state index contributed by atoms with van der Waals surface area (Å²) in [6.07, 6.45) is 0.758. The molecule has 14 heavy (non-hydrogen) atoms. The largest absolute Gasteiger partial charge is 0.396 e. The molecule has 0 amide bonds. The lowest BCUT2D eigenvalue weighted by Crippen LogP contribution is -2.02. The number of nitrogens with two attached hydrogens (primary N) is 1. The van der Waals surface area contributed by atoms with Gasteiger partial charge in [0, 0.05) is 17.9 Å². The van der Waals surface area contributed by atoms with E-state index in [0.717, 1.165) is 11.4 Å². The van der Waals surface area contributed by atoms with Crippen LogP contribution >= 0.6 is 11.8 Å². The van der Waals surface area contributed by atoms with Gasteiger partial charge in [-0.3, -0.25) is 0 Å². The van der Waals surface area contributed by atoms with Crippen LogP contribution in [0.1, 0.15) is 19.2 Å². The van der Waals surface area contributed by atoms with E-state index < -0.39 is 0 Å². The Hall–Kier alpha value is -0.810. The molecule has 1 aromatic rings. The van der Waals surface area contributed by atoms with E-state index in [2.05, 4.69) is 16.9 Å². The molecular weight excluding hydrogens is 198 g/mol. The number of aryl methyl sites for hydroxylation is 1. The monoisotopic (exact) mass is 213 g/mol. The maximum atomic E-state index is 8.75. The van der Waals surface area contributed by atoms with E-state index in [4.69, 9.17) is 10.8 Å². The summed E-state index contributed by atoms with van der Waals surface area (Å²) in [5.74, 6) is 1.18. The summed E-state index contributed by atoms with van der Waals surface area (Å²) in [6, 6.07) is 1.76. The van der Waals surface area contributed by atoms with Crippen molar-refractivity contribution in [2.75, 3.05) is 12.3 Å². The number of aromatic nitrogens is 2. The molecule has 0 aliphatic heterocycles. The molecule has 5 heteroatoms. The number of thioether (sulfide) groups is 1. The summed E-state index contributed by atoms with van der Waals surface area (Å²) in [5, 5.41) is 9.97. The SMILES string of the molecule is Cc1nc(N)cc(SC(C)CCO)n1. The van der Waals surface area contributed by atoms with Gasteiger partial charge >= 0.3 is 0 Å². The smallest absolute Gasteiger partial charge is 0.128 e. The highest BCUT2D eigenvalue weighted by Gasteiger charge is 2.06. The predicted octanol–water partition coefficient (Wildman–Crippen LogP) is 1.23. The van der Waals surface area contributed by atoms with Crippen molar-refractivity contribution >= 4 is 17.6 Å². The topological polar surface area (TPSA) is 72.0 Å². The van der Waals surface area contributed by atoms with Crippen LogP contribution in [0.15, 0.2) is 11.1 Å². The second kappa shape index (κ2) is 5.17. The average Bonchev–Trinajstić information content (AvgIpc) is 2.01. The van der Waals surface area contributed by atoms with Crippen LogP contribution in [0.4, 0.5) is 5.82 Å². The highest BCUT2D eigenvalue weighted by atomic mass is 32.2. The minimum Gasteiger partial charge on any atom is -0.396 e. The Morgan fingerprint density at radius 2 is 2.29 bits per heavy atom. The van der Waals surface area contributed by atoms with Crippen molar-refractivity contribution in [2.45, 2.75) is 30.5 Å². The number of nitrogen functional groups attached to an aromatic ring is 1. The zero-order valence-corrected chi connectivity index (χ0v) is 9.21. The van der Waals surface area contributed by atoms with Gasteiger partial charge in [0.1, 0.15) is 16.7 Å². The summed E-state index contributed by atoms with van der Waals surface area (Å²) in [7, 11) is 0. The zero-order valence-electron chi connectivity index (χ0n) is 8.40. The first-order valence-corrected chi connectivity index (χ1v) is 5.38. The second-order valence-corrected chi connectivity index (χ2v) is 4.58. The Morgan fingerprint density at radius 1 is 1.57 bits per heavy atom. The fraction of sp³-hybridized carbons (Fsp3) is 0.556. The Labute approximate surface area is 88.0 Å². The first-order valence-electron chi connectivity index (χ1n) is 4.50. The first-order chi connectivity index (χ1) is 6.61. The molecule has 0 radical (unpaired) electrons. The highest BCUT2D eigenvalue weighted by Crippen LogP contribution is 2.23. The third kappa shape index (κ3) is 3.51. The Kier molecular flexibility index (Phi) is 4.16. The highest BCUT2D eigenvalue weighted by molar-refractivity contribution is 7.99. The van der Waals surface area contributed by atoms with E-state index >= 15 is 0 Å². The fourth-order valence-corrected chi connectivity index (χ4v) is 2.08. The van der Waals surface area contributed by atoms with Gasteiger partial charge in [-0.15, -0.1) is 11.8 Å². The average molecular weight is 213 g/mol. The fourth-order valence-electron chi connectivity index (χ4n) is 1.07. The lowest BCUT2D eigenvalue weighted by molar-refractivity contribution is 0.289. The predicted molar refractivity (Wildman–Crippen MR) is 58.2 cm³/mol. The van der Waals surface area contributed by atoms with Crippen molar-refractivity contribution in [1.82, 2.24) is 9.97 Å². The van der Waals surface area contributed by atoms with Crippen LogP contribution < -0.4 is 5.73 Å². The van der Waals surface area contributed by atoms with E-state index in [-0.39, 0.29) is 6.61 Å². The van der Waals surface area contributed by atoms with Crippen LogP contribution in [0.2, 0.25) is 0 Å². The molecule has 3 N–H and O–H groups in total. The van der Waals surface area contributed by atoms with E-state index in [1.807, 2.05) is 6.92 Å². The molecule has 4 nitrogen and oxygen atoms in total. The van der Waals surface area contributed by atoms with Gasteiger partial charge < -0.3 is 10.8 Å². The van der Waals surface area contributed by atoms with E-state index in [0.29, 0.717) is 16.9 Å². The van der Waals surface area contributed by atoms with Gasteiger partial charge in [0.2, 0.25) is 0 Å². The summed E-state index contributed by atoms with van der Waals surface area (Å²) >= 11 is 1.61. The van der Waals surface area contributed by atoms with Crippen molar-refractivity contribution in [1.29, 1.82) is 0 Å². The van der Waals surface area contributed by atoms with E-state index in [1.54, 1.807) is 17.8 Å². The molecule has 0 aliphatic carbocycles. The minimum atomic E-state index is 0.202. The Balaban J connectivity index is 2.66. The first kappa shape index (κ1) is 11.3. The van der Waals surface area contributed by atoms with Gasteiger partial charge in [0.05, 0.1) is 0 Å². The van der Waals surface area contributed by atoms with Crippen LogP contribution in [0.3, 0.4) is 0 Å². The number of aliphatic hydroxyl groups excluding tert-OH is 1. The van der Waals surface area contributed by atoms with Crippen molar-refractivity contribution in [3.63, 3.8) is 0 Å². The molecule has 1 rings (SSSR count). The van der Waals surface area contributed by atoms with Crippen LogP contribution in [0.5, 0.6) is 0 Å². The molecule has 0 bridgehead atoms. The van der Waals surface area contributed by atoms with E-state index in [1.165, 1.54) is 0 Å². The Bertz CT molecular complexity index is 286. The van der Waals surface area contributed by atoms with Gasteiger partial charge in [-0.25, -0.2) is 9.97 Å². The molecule has 1 unspecified atom stereocenters. The van der Waals surface area contributed by atoms with Gasteiger partial charge in [-0.2, -0.15) is 0 Å². The number of anilines is 1. The molecule has 0 aliphatic rings. The molecule has 1 aromatic heterocycles. The lowest BCUT2D eigenvalue weighted by Gasteiger charge is -2.08. The van der Waals surface area contributed by atoms with Gasteiger partial charge in [0.15, 0.2) is 0 Å². The molecule has 1 atom stereocenters. The summed E-state index contributed by atoms with van der Waals surface area (Å²) in [5.41, 5.74) is 5.60. The normalized spacial score (nSPS) is 12.8. The van der Waals surface area contributed by atoms with Gasteiger partial charge in [-0.05, 0) is 13.3 Å². The minimum absolute atomic E-state index is 0.202. The number of hydrogen-bond donors (Lipinski definition) is 2. The number of hydrogen-bond acceptors (Lipinski definition) is 5. The van der Waals surface area contributed by atoms with Crippen molar-refractivity contribution < 1.29 is 5.11 Å². The van der Waals surface area contributed by atoms with Crippen LogP contribution in [-0.2, 0) is 0 Å². The van der Waals surface area contributed by atoms with E-state index in [9.17, 15) is 0 Å². The standard InChI is InChI=1S/C9H15N3OS/c1-6(3-4-13)14-9-5-8(10)11-7(2)12-9/h5-6,13H,3-4H2,1-2H3,(H2,10,11,12). The maximum absolute atomic E-state index is 8.75. The number of aliphatic hydroxyl groups is 1. The van der Waals surface area contributed by atoms with Crippen molar-refractivity contribution in [3.05, 3.63) is 11.9 Å². The summed E-state index contributed by atoms with van der Waals surface area (Å²) in [6.45, 7) is 4.07. The molecule has 78 valence electrons. The molecule has 0 saturated heterocycles. The third-order valence-electron chi connectivity index (χ3n) is 1.69. The Morgan fingerprint density at radius 3 is 2.86 bits per heavy atom. The zero-order chi connectivity index (χ0) is 10.6. The molecule has 1 heterocycles. The molecule has 0 fully saturated rings. The molecule has 0 saturated carbocycles. The maximum Gasteiger partial charge on any atom is 0.128 e. The van der Waals surface area contributed by atoms with Crippen LogP contribution in [-0.4, -0.2) is 26.9 Å². The number of rotatable bonds is 4. The second-order valence-electron chi connectivity index (χ2n) is 3.12. The third-order valence-corrected chi connectivity index (χ3v) is 2.78. The van der Waals surface area contributed by atoms with Gasteiger partial charge in [-0.1, -0.05) is 6.92 Å². The van der Waals surface area contributed by atoms with Gasteiger partial charge in [0.25, 0.3) is 0 Å². The van der Waals surface area contributed by atoms with Crippen LogP contribution in [0, 0.1) is 6.92 Å². The summed E-state index contributed by atoms with van der Waals surface area (Å²) in [4.78, 5) is 8.24.